The van der Waals surface area contributed by atoms with Crippen molar-refractivity contribution in [1.82, 2.24) is 5.32 Å². The van der Waals surface area contributed by atoms with Gasteiger partial charge < -0.3 is 10.1 Å². The molecule has 7 nitrogen and oxygen atoms in total. The smallest absolute Gasteiger partial charge is 0.309 e. The van der Waals surface area contributed by atoms with Crippen LogP contribution in [0.25, 0.3) is 0 Å². The minimum Gasteiger partial charge on any atom is -0.460 e. The first kappa shape index (κ1) is 22.2. The van der Waals surface area contributed by atoms with E-state index in [-0.39, 0.29) is 35.7 Å². The number of rotatable bonds is 9. The highest BCUT2D eigenvalue weighted by Gasteiger charge is 2.37. The van der Waals surface area contributed by atoms with Crippen LogP contribution >= 0.6 is 0 Å². The van der Waals surface area contributed by atoms with Crippen molar-refractivity contribution < 1.29 is 22.7 Å². The van der Waals surface area contributed by atoms with E-state index in [0.29, 0.717) is 36.4 Å². The first-order chi connectivity index (χ1) is 13.1. The van der Waals surface area contributed by atoms with Crippen LogP contribution in [0.4, 0.5) is 5.69 Å². The van der Waals surface area contributed by atoms with E-state index >= 15 is 0 Å². The van der Waals surface area contributed by atoms with Crippen LogP contribution in [0, 0.1) is 11.8 Å². The normalized spacial score (nSPS) is 20.7. The Bertz CT molecular complexity index is 807. The second-order valence-corrected chi connectivity index (χ2v) is 9.67. The molecular weight excluding hydrogens is 380 g/mol. The van der Waals surface area contributed by atoms with Crippen molar-refractivity contribution in [3.63, 3.8) is 0 Å². The number of amides is 1. The van der Waals surface area contributed by atoms with Crippen LogP contribution in [0.1, 0.15) is 57.3 Å². The molecule has 0 saturated carbocycles. The first-order valence-corrected chi connectivity index (χ1v) is 11.4. The summed E-state index contributed by atoms with van der Waals surface area (Å²) in [6, 6.07) is 6.09. The van der Waals surface area contributed by atoms with Crippen LogP contribution in [-0.4, -0.2) is 38.2 Å². The summed E-state index contributed by atoms with van der Waals surface area (Å²) < 4.78 is 31.8. The highest BCUT2D eigenvalue weighted by atomic mass is 32.2. The van der Waals surface area contributed by atoms with Crippen molar-refractivity contribution in [3.8, 4) is 0 Å². The molecule has 1 aromatic carbocycles. The minimum atomic E-state index is -3.43. The Labute approximate surface area is 167 Å². The van der Waals surface area contributed by atoms with Crippen LogP contribution < -0.4 is 10.0 Å². The number of hydrogen-bond donors (Lipinski definition) is 2. The van der Waals surface area contributed by atoms with Gasteiger partial charge in [-0.3, -0.25) is 14.3 Å². The molecule has 0 radical (unpaired) electrons. The van der Waals surface area contributed by atoms with Gasteiger partial charge in [-0.1, -0.05) is 33.8 Å². The van der Waals surface area contributed by atoms with E-state index in [1.54, 1.807) is 25.1 Å². The number of benzene rings is 1. The maximum atomic E-state index is 12.8. The largest absolute Gasteiger partial charge is 0.460 e. The molecule has 3 atom stereocenters. The molecule has 8 heteroatoms. The molecule has 1 saturated heterocycles. The monoisotopic (exact) mass is 410 g/mol. The van der Waals surface area contributed by atoms with Gasteiger partial charge in [-0.15, -0.1) is 0 Å². The van der Waals surface area contributed by atoms with Gasteiger partial charge in [0.1, 0.15) is 6.10 Å². The third-order valence-corrected chi connectivity index (χ3v) is 6.11. The summed E-state index contributed by atoms with van der Waals surface area (Å²) >= 11 is 0. The molecule has 1 aliphatic heterocycles. The molecule has 2 rings (SSSR count). The summed E-state index contributed by atoms with van der Waals surface area (Å²) in [5.74, 6) is -0.399. The highest BCUT2D eigenvalue weighted by molar-refractivity contribution is 7.92. The fraction of sp³-hybridized carbons (Fsp3) is 0.600. The number of esters is 1. The van der Waals surface area contributed by atoms with E-state index < -0.39 is 10.0 Å². The van der Waals surface area contributed by atoms with Gasteiger partial charge in [0.15, 0.2) is 0 Å². The predicted molar refractivity (Wildman–Crippen MR) is 109 cm³/mol. The zero-order valence-electron chi connectivity index (χ0n) is 16.9. The van der Waals surface area contributed by atoms with Gasteiger partial charge in [0.2, 0.25) is 10.0 Å². The van der Waals surface area contributed by atoms with E-state index in [2.05, 4.69) is 10.0 Å². The third kappa shape index (κ3) is 6.22. The lowest BCUT2D eigenvalue weighted by Crippen LogP contribution is -2.44. The lowest BCUT2D eigenvalue weighted by Gasteiger charge is -2.25. The van der Waals surface area contributed by atoms with Crippen LogP contribution in [0.3, 0.4) is 0 Å². The highest BCUT2D eigenvalue weighted by Crippen LogP contribution is 2.26. The molecule has 1 heterocycles. The molecule has 0 unspecified atom stereocenters. The second kappa shape index (κ2) is 9.41. The summed E-state index contributed by atoms with van der Waals surface area (Å²) in [6.07, 6.45) is 1.41. The standard InChI is InChI=1S/C20H30N2O5S/c1-5-9-28(25,26)22-16-8-6-7-15(12-16)19(23)21-17(10-13(2)3)18-11-14(4)20(24)27-18/h6-8,12-14,17-18,22H,5,9-11H2,1-4H3,(H,21,23)/t14-,17+,18-/m1/s1. The number of ether oxygens (including phenoxy) is 1. The summed E-state index contributed by atoms with van der Waals surface area (Å²) in [5.41, 5.74) is 0.699. The maximum absolute atomic E-state index is 12.8. The van der Waals surface area contributed by atoms with Crippen molar-refractivity contribution in [2.75, 3.05) is 10.5 Å². The van der Waals surface area contributed by atoms with Crippen molar-refractivity contribution in [1.29, 1.82) is 0 Å². The third-order valence-electron chi connectivity index (χ3n) is 4.62. The van der Waals surface area contributed by atoms with Crippen molar-refractivity contribution in [2.45, 2.75) is 59.1 Å². The first-order valence-electron chi connectivity index (χ1n) is 9.73. The quantitative estimate of drug-likeness (QED) is 0.610. The van der Waals surface area contributed by atoms with Crippen molar-refractivity contribution >= 4 is 27.6 Å². The Kier molecular flexibility index (Phi) is 7.46. The Morgan fingerprint density at radius 1 is 1.32 bits per heavy atom. The molecule has 0 spiro atoms. The predicted octanol–water partition coefficient (Wildman–Crippen LogP) is 2.93. The van der Waals surface area contributed by atoms with Gasteiger partial charge in [-0.2, -0.15) is 0 Å². The maximum Gasteiger partial charge on any atom is 0.309 e. The Balaban J connectivity index is 2.12. The van der Waals surface area contributed by atoms with Gasteiger partial charge in [-0.25, -0.2) is 8.42 Å². The number of cyclic esters (lactones) is 1. The van der Waals surface area contributed by atoms with Crippen LogP contribution in [-0.2, 0) is 19.6 Å². The molecule has 1 fully saturated rings. The number of carbonyl (C=O) groups excluding carboxylic acids is 2. The molecule has 28 heavy (non-hydrogen) atoms. The summed E-state index contributed by atoms with van der Waals surface area (Å²) in [6.45, 7) is 7.70. The summed E-state index contributed by atoms with van der Waals surface area (Å²) in [5, 5.41) is 2.97. The molecule has 2 N–H and O–H groups in total. The Morgan fingerprint density at radius 3 is 2.61 bits per heavy atom. The lowest BCUT2D eigenvalue weighted by molar-refractivity contribution is -0.144. The molecule has 0 bridgehead atoms. The fourth-order valence-corrected chi connectivity index (χ4v) is 4.42. The van der Waals surface area contributed by atoms with Gasteiger partial charge in [0, 0.05) is 11.3 Å². The average molecular weight is 411 g/mol. The molecule has 1 amide bonds. The van der Waals surface area contributed by atoms with E-state index in [1.807, 2.05) is 20.8 Å². The lowest BCUT2D eigenvalue weighted by atomic mass is 9.94. The van der Waals surface area contributed by atoms with Gasteiger partial charge in [-0.05, 0) is 43.4 Å². The summed E-state index contributed by atoms with van der Waals surface area (Å²) in [7, 11) is -3.43. The SMILES string of the molecule is CCCS(=O)(=O)Nc1cccc(C(=O)N[C@@H](CC(C)C)[C@H]2C[C@@H](C)C(=O)O2)c1. The number of sulfonamides is 1. The van der Waals surface area contributed by atoms with E-state index in [0.717, 1.165) is 0 Å². The molecule has 156 valence electrons. The topological polar surface area (TPSA) is 102 Å². The Hall–Kier alpha value is -2.09. The van der Waals surface area contributed by atoms with E-state index in [1.165, 1.54) is 6.07 Å². The molecule has 0 aliphatic carbocycles. The molecule has 0 aromatic heterocycles. The van der Waals surface area contributed by atoms with Gasteiger partial charge >= 0.3 is 5.97 Å². The van der Waals surface area contributed by atoms with Crippen molar-refractivity contribution in [2.24, 2.45) is 11.8 Å². The number of carbonyl (C=O) groups is 2. The molecular formula is C20H30N2O5S. The van der Waals surface area contributed by atoms with Crippen molar-refractivity contribution in [3.05, 3.63) is 29.8 Å². The number of hydrogen-bond acceptors (Lipinski definition) is 5. The van der Waals surface area contributed by atoms with E-state index in [4.69, 9.17) is 4.74 Å². The van der Waals surface area contributed by atoms with E-state index in [9.17, 15) is 18.0 Å². The summed E-state index contributed by atoms with van der Waals surface area (Å²) in [4.78, 5) is 24.5. The van der Waals surface area contributed by atoms with Crippen LogP contribution in [0.2, 0.25) is 0 Å². The van der Waals surface area contributed by atoms with Crippen LogP contribution in [0.5, 0.6) is 0 Å². The number of anilines is 1. The second-order valence-electron chi connectivity index (χ2n) is 7.82. The zero-order chi connectivity index (χ0) is 20.9. The number of nitrogens with one attached hydrogen (secondary N) is 2. The average Bonchev–Trinajstić information content (AvgIpc) is 2.92. The Morgan fingerprint density at radius 2 is 2.04 bits per heavy atom. The van der Waals surface area contributed by atoms with Gasteiger partial charge in [0.25, 0.3) is 5.91 Å². The van der Waals surface area contributed by atoms with Gasteiger partial charge in [0.05, 0.1) is 17.7 Å². The minimum absolute atomic E-state index is 0.0190. The fourth-order valence-electron chi connectivity index (χ4n) is 3.29. The zero-order valence-corrected chi connectivity index (χ0v) is 17.7. The molecule has 1 aromatic rings. The molecule has 1 aliphatic rings. The van der Waals surface area contributed by atoms with Crippen LogP contribution in [0.15, 0.2) is 24.3 Å².